The first kappa shape index (κ1) is 25.8. The Labute approximate surface area is 223 Å². The number of halogens is 1. The van der Waals surface area contributed by atoms with Crippen molar-refractivity contribution in [1.82, 2.24) is 25.1 Å². The van der Waals surface area contributed by atoms with Crippen LogP contribution in [0, 0.1) is 5.82 Å². The molecule has 5 rings (SSSR count). The van der Waals surface area contributed by atoms with E-state index >= 15 is 0 Å². The van der Waals surface area contributed by atoms with Gasteiger partial charge in [0.1, 0.15) is 11.4 Å². The van der Waals surface area contributed by atoms with Crippen LogP contribution in [0.15, 0.2) is 29.8 Å². The summed E-state index contributed by atoms with van der Waals surface area (Å²) in [6.07, 6.45) is 4.90. The van der Waals surface area contributed by atoms with Crippen molar-refractivity contribution in [3.63, 3.8) is 0 Å². The molecule has 0 bridgehead atoms. The zero-order valence-corrected chi connectivity index (χ0v) is 22.5. The monoisotopic (exact) mass is 539 g/mol. The number of anilines is 2. The summed E-state index contributed by atoms with van der Waals surface area (Å²) in [5.74, 6) is -0.0167. The second-order valence-corrected chi connectivity index (χ2v) is 11.3. The molecule has 3 aromatic heterocycles. The van der Waals surface area contributed by atoms with Crippen molar-refractivity contribution in [3.05, 3.63) is 41.2 Å². The molecular formula is C26H30FN7O3S. The maximum atomic E-state index is 13.7. The van der Waals surface area contributed by atoms with Crippen molar-refractivity contribution >= 4 is 56.2 Å². The molecule has 10 nitrogen and oxygen atoms in total. The number of benzene rings is 1. The highest BCUT2D eigenvalue weighted by Crippen LogP contribution is 2.29. The SMILES string of the molecule is Cn1nc(NC(=O)c2csc3cnc(NC4CCCCC4NC(=O)OC(C)(C)C)nc23)c2ccc(F)cc21. The van der Waals surface area contributed by atoms with Gasteiger partial charge >= 0.3 is 6.09 Å². The maximum absolute atomic E-state index is 13.7. The molecule has 2 atom stereocenters. The fourth-order valence-electron chi connectivity index (χ4n) is 4.66. The number of hydrogen-bond donors (Lipinski definition) is 3. The van der Waals surface area contributed by atoms with Gasteiger partial charge in [0, 0.05) is 23.9 Å². The minimum Gasteiger partial charge on any atom is -0.444 e. The number of amides is 2. The second-order valence-electron chi connectivity index (χ2n) is 10.4. The smallest absolute Gasteiger partial charge is 0.407 e. The average Bonchev–Trinajstić information content (AvgIpc) is 3.39. The van der Waals surface area contributed by atoms with Crippen LogP contribution in [-0.2, 0) is 11.8 Å². The first-order valence-corrected chi connectivity index (χ1v) is 13.4. The number of aryl methyl sites for hydroxylation is 1. The number of rotatable bonds is 5. The van der Waals surface area contributed by atoms with Gasteiger partial charge in [-0.2, -0.15) is 5.10 Å². The normalized spacial score (nSPS) is 17.9. The highest BCUT2D eigenvalue weighted by atomic mass is 32.1. The molecule has 1 aliphatic rings. The Balaban J connectivity index is 1.34. The first-order chi connectivity index (χ1) is 18.1. The number of ether oxygens (including phenoxy) is 1. The van der Waals surface area contributed by atoms with Crippen LogP contribution in [0.1, 0.15) is 56.8 Å². The molecule has 0 radical (unpaired) electrons. The molecule has 3 N–H and O–H groups in total. The number of aromatic nitrogens is 4. The lowest BCUT2D eigenvalue weighted by Crippen LogP contribution is -2.50. The number of carbonyl (C=O) groups is 2. The third kappa shape index (κ3) is 5.54. The van der Waals surface area contributed by atoms with Gasteiger partial charge in [-0.25, -0.2) is 19.2 Å². The highest BCUT2D eigenvalue weighted by molar-refractivity contribution is 7.17. The lowest BCUT2D eigenvalue weighted by atomic mass is 9.90. The standard InChI is InChI=1S/C26H30FN7O3S/c1-26(2,3)37-25(36)30-18-8-6-5-7-17(18)29-24-28-12-20-21(31-24)16(13-38-20)23(35)32-22-15-10-9-14(27)11-19(15)34(4)33-22/h9-13,17-18H,5-8H2,1-4H3,(H,30,36)(H,28,29,31)(H,32,33,35). The van der Waals surface area contributed by atoms with E-state index in [1.165, 1.54) is 28.2 Å². The van der Waals surface area contributed by atoms with E-state index in [2.05, 4.69) is 31.0 Å². The summed E-state index contributed by atoms with van der Waals surface area (Å²) in [6.45, 7) is 5.49. The van der Waals surface area contributed by atoms with Gasteiger partial charge < -0.3 is 20.7 Å². The molecule has 0 spiro atoms. The lowest BCUT2D eigenvalue weighted by Gasteiger charge is -2.33. The number of alkyl carbamates (subject to hydrolysis) is 1. The van der Waals surface area contributed by atoms with Gasteiger partial charge in [-0.05, 0) is 51.8 Å². The second kappa shape index (κ2) is 10.2. The molecule has 0 saturated heterocycles. The van der Waals surface area contributed by atoms with Gasteiger partial charge in [0.2, 0.25) is 5.95 Å². The van der Waals surface area contributed by atoms with Crippen LogP contribution in [0.4, 0.5) is 21.0 Å². The van der Waals surface area contributed by atoms with Crippen molar-refractivity contribution < 1.29 is 18.7 Å². The molecule has 38 heavy (non-hydrogen) atoms. The minimum absolute atomic E-state index is 0.0788. The summed E-state index contributed by atoms with van der Waals surface area (Å²) < 4.78 is 21.4. The predicted octanol–water partition coefficient (Wildman–Crippen LogP) is 5.22. The summed E-state index contributed by atoms with van der Waals surface area (Å²) in [5.41, 5.74) is 0.905. The fraction of sp³-hybridized carbons (Fsp3) is 0.423. The third-order valence-electron chi connectivity index (χ3n) is 6.39. The Morgan fingerprint density at radius 1 is 1.18 bits per heavy atom. The summed E-state index contributed by atoms with van der Waals surface area (Å²) in [7, 11) is 1.69. The maximum Gasteiger partial charge on any atom is 0.407 e. The topological polar surface area (TPSA) is 123 Å². The van der Waals surface area contributed by atoms with Crippen LogP contribution in [0.5, 0.6) is 0 Å². The summed E-state index contributed by atoms with van der Waals surface area (Å²) in [4.78, 5) is 34.7. The molecule has 3 heterocycles. The molecule has 12 heteroatoms. The number of nitrogens with zero attached hydrogens (tertiary/aromatic N) is 4. The molecule has 2 unspecified atom stereocenters. The van der Waals surface area contributed by atoms with Crippen LogP contribution in [-0.4, -0.2) is 49.4 Å². The van der Waals surface area contributed by atoms with Gasteiger partial charge in [0.05, 0.1) is 33.5 Å². The Morgan fingerprint density at radius 2 is 1.95 bits per heavy atom. The first-order valence-electron chi connectivity index (χ1n) is 12.5. The third-order valence-corrected chi connectivity index (χ3v) is 7.29. The molecule has 1 aromatic carbocycles. The average molecular weight is 540 g/mol. The number of carbonyl (C=O) groups excluding carboxylic acids is 2. The zero-order valence-electron chi connectivity index (χ0n) is 21.7. The van der Waals surface area contributed by atoms with Crippen molar-refractivity contribution in [2.24, 2.45) is 7.05 Å². The highest BCUT2D eigenvalue weighted by Gasteiger charge is 2.29. The van der Waals surface area contributed by atoms with E-state index in [0.717, 1.165) is 30.4 Å². The number of nitrogens with one attached hydrogen (secondary N) is 3. The predicted molar refractivity (Wildman–Crippen MR) is 145 cm³/mol. The summed E-state index contributed by atoms with van der Waals surface area (Å²) in [5, 5.41) is 15.9. The number of hydrogen-bond acceptors (Lipinski definition) is 8. The van der Waals surface area contributed by atoms with Crippen molar-refractivity contribution in [3.8, 4) is 0 Å². The van der Waals surface area contributed by atoms with E-state index < -0.39 is 11.7 Å². The van der Waals surface area contributed by atoms with E-state index in [-0.39, 0.29) is 23.8 Å². The molecule has 0 aliphatic heterocycles. The summed E-state index contributed by atoms with van der Waals surface area (Å²) >= 11 is 1.37. The molecule has 1 fully saturated rings. The van der Waals surface area contributed by atoms with Crippen molar-refractivity contribution in [2.45, 2.75) is 64.1 Å². The Kier molecular flexibility index (Phi) is 6.91. The van der Waals surface area contributed by atoms with Crippen molar-refractivity contribution in [1.29, 1.82) is 0 Å². The molecule has 200 valence electrons. The fourth-order valence-corrected chi connectivity index (χ4v) is 5.50. The van der Waals surface area contributed by atoms with Crippen LogP contribution < -0.4 is 16.0 Å². The largest absolute Gasteiger partial charge is 0.444 e. The van der Waals surface area contributed by atoms with Crippen LogP contribution in [0.3, 0.4) is 0 Å². The lowest BCUT2D eigenvalue weighted by molar-refractivity contribution is 0.0488. The van der Waals surface area contributed by atoms with Crippen LogP contribution in [0.2, 0.25) is 0 Å². The van der Waals surface area contributed by atoms with Gasteiger partial charge in [-0.15, -0.1) is 11.3 Å². The molecule has 1 saturated carbocycles. The molecule has 2 amide bonds. The van der Waals surface area contributed by atoms with E-state index in [4.69, 9.17) is 4.74 Å². The van der Waals surface area contributed by atoms with E-state index in [0.29, 0.717) is 33.7 Å². The Hall–Kier alpha value is -3.80. The number of thiophene rings is 1. The van der Waals surface area contributed by atoms with E-state index in [1.54, 1.807) is 24.7 Å². The van der Waals surface area contributed by atoms with Crippen LogP contribution >= 0.6 is 11.3 Å². The van der Waals surface area contributed by atoms with E-state index in [1.807, 2.05) is 20.8 Å². The molecular weight excluding hydrogens is 509 g/mol. The molecule has 4 aromatic rings. The quantitative estimate of drug-likeness (QED) is 0.318. The van der Waals surface area contributed by atoms with Gasteiger partial charge in [0.25, 0.3) is 5.91 Å². The Bertz CT molecular complexity index is 1510. The number of fused-ring (bicyclic) bond motifs is 2. The van der Waals surface area contributed by atoms with Gasteiger partial charge in [-0.1, -0.05) is 12.8 Å². The Morgan fingerprint density at radius 3 is 2.71 bits per heavy atom. The van der Waals surface area contributed by atoms with Gasteiger partial charge in [-0.3, -0.25) is 9.48 Å². The van der Waals surface area contributed by atoms with Gasteiger partial charge in [0.15, 0.2) is 5.82 Å². The van der Waals surface area contributed by atoms with Crippen LogP contribution in [0.25, 0.3) is 21.1 Å². The minimum atomic E-state index is -0.580. The zero-order chi connectivity index (χ0) is 27.0. The van der Waals surface area contributed by atoms with Crippen molar-refractivity contribution in [2.75, 3.05) is 10.6 Å². The molecule has 1 aliphatic carbocycles. The van der Waals surface area contributed by atoms with E-state index in [9.17, 15) is 14.0 Å². The summed E-state index contributed by atoms with van der Waals surface area (Å²) in [6, 6.07) is 4.09.